The van der Waals surface area contributed by atoms with E-state index in [2.05, 4.69) is 20.3 Å². The Balaban J connectivity index is 1.77. The number of rotatable bonds is 5. The van der Waals surface area contributed by atoms with Crippen LogP contribution < -0.4 is 10.9 Å². The van der Waals surface area contributed by atoms with Gasteiger partial charge in [0.1, 0.15) is 5.69 Å². The van der Waals surface area contributed by atoms with Gasteiger partial charge >= 0.3 is 0 Å². The minimum Gasteiger partial charge on any atom is -0.317 e. The number of fused-ring (bicyclic) bond motifs is 1. The van der Waals surface area contributed by atoms with Crippen LogP contribution in [0, 0.1) is 0 Å². The third-order valence-corrected chi connectivity index (χ3v) is 3.66. The van der Waals surface area contributed by atoms with Crippen LogP contribution in [0.1, 0.15) is 10.5 Å². The van der Waals surface area contributed by atoms with Crippen molar-refractivity contribution in [1.82, 2.24) is 19.7 Å². The number of anilines is 1. The van der Waals surface area contributed by atoms with E-state index in [9.17, 15) is 9.59 Å². The van der Waals surface area contributed by atoms with E-state index in [1.165, 1.54) is 0 Å². The molecule has 3 aromatic rings. The summed E-state index contributed by atoms with van der Waals surface area (Å²) in [7, 11) is 3.98. The van der Waals surface area contributed by atoms with E-state index in [1.54, 1.807) is 35.0 Å². The van der Waals surface area contributed by atoms with E-state index in [1.807, 2.05) is 26.4 Å². The smallest absolute Gasteiger partial charge is 0.273 e. The van der Waals surface area contributed by atoms with Crippen molar-refractivity contribution in [3.05, 3.63) is 58.6 Å². The zero-order valence-electron chi connectivity index (χ0n) is 13.6. The van der Waals surface area contributed by atoms with E-state index >= 15 is 0 Å². The van der Waals surface area contributed by atoms with E-state index in [0.29, 0.717) is 11.2 Å². The molecule has 1 amide bonds. The van der Waals surface area contributed by atoms with Gasteiger partial charge in [0.05, 0.1) is 6.54 Å². The Labute approximate surface area is 138 Å². The maximum Gasteiger partial charge on any atom is 0.273 e. The molecule has 0 bridgehead atoms. The summed E-state index contributed by atoms with van der Waals surface area (Å²) >= 11 is 0. The number of nitrogens with one attached hydrogen (secondary N) is 2. The number of nitrogens with zero attached hydrogens (tertiary/aromatic N) is 3. The van der Waals surface area contributed by atoms with Crippen molar-refractivity contribution in [3.8, 4) is 0 Å². The molecule has 0 radical (unpaired) electrons. The Morgan fingerprint density at radius 1 is 1.29 bits per heavy atom. The standard InChI is InChI=1S/C17H19N5O2/c1-21(2)9-10-22-8-7-15(20-22)19-17(24)14-11-12-5-3-4-6-13(12)16(23)18-14/h3-8,11H,9-10H2,1-2H3,(H,18,23)(H,19,20,24). The van der Waals surface area contributed by atoms with Crippen molar-refractivity contribution >= 4 is 22.5 Å². The maximum absolute atomic E-state index is 12.3. The van der Waals surface area contributed by atoms with Crippen LogP contribution in [0.3, 0.4) is 0 Å². The molecule has 1 aromatic carbocycles. The molecule has 0 fully saturated rings. The van der Waals surface area contributed by atoms with Gasteiger partial charge < -0.3 is 15.2 Å². The van der Waals surface area contributed by atoms with Gasteiger partial charge in [-0.05, 0) is 31.6 Å². The number of likely N-dealkylation sites (N-methyl/N-ethyl adjacent to an activating group) is 1. The zero-order chi connectivity index (χ0) is 17.1. The van der Waals surface area contributed by atoms with Gasteiger partial charge in [0.25, 0.3) is 11.5 Å². The first kappa shape index (κ1) is 15.9. The molecular weight excluding hydrogens is 306 g/mol. The summed E-state index contributed by atoms with van der Waals surface area (Å²) in [4.78, 5) is 29.1. The van der Waals surface area contributed by atoms with Crippen LogP contribution in [0.5, 0.6) is 0 Å². The van der Waals surface area contributed by atoms with Gasteiger partial charge in [-0.25, -0.2) is 0 Å². The van der Waals surface area contributed by atoms with Crippen molar-refractivity contribution in [1.29, 1.82) is 0 Å². The first-order valence-corrected chi connectivity index (χ1v) is 7.64. The van der Waals surface area contributed by atoms with E-state index < -0.39 is 5.91 Å². The molecule has 7 nitrogen and oxygen atoms in total. The maximum atomic E-state index is 12.3. The third kappa shape index (κ3) is 3.52. The molecule has 2 heterocycles. The van der Waals surface area contributed by atoms with E-state index in [4.69, 9.17) is 0 Å². The molecule has 124 valence electrons. The minimum absolute atomic E-state index is 0.210. The first-order chi connectivity index (χ1) is 11.5. The number of hydrogen-bond donors (Lipinski definition) is 2. The molecule has 2 aromatic heterocycles. The summed E-state index contributed by atoms with van der Waals surface area (Å²) in [5.41, 5.74) is -0.0729. The van der Waals surface area contributed by atoms with Crippen LogP contribution in [-0.2, 0) is 6.54 Å². The van der Waals surface area contributed by atoms with Crippen LogP contribution >= 0.6 is 0 Å². The average Bonchev–Trinajstić information content (AvgIpc) is 3.00. The Kier molecular flexibility index (Phi) is 4.43. The van der Waals surface area contributed by atoms with Crippen molar-refractivity contribution in [3.63, 3.8) is 0 Å². The summed E-state index contributed by atoms with van der Waals surface area (Å²) in [6.07, 6.45) is 1.81. The van der Waals surface area contributed by atoms with Crippen molar-refractivity contribution in [2.45, 2.75) is 6.54 Å². The molecule has 2 N–H and O–H groups in total. The molecule has 0 saturated carbocycles. The number of pyridine rings is 1. The molecule has 0 saturated heterocycles. The van der Waals surface area contributed by atoms with E-state index in [0.717, 1.165) is 18.5 Å². The molecule has 24 heavy (non-hydrogen) atoms. The summed E-state index contributed by atoms with van der Waals surface area (Å²) in [5, 5.41) is 8.28. The molecule has 0 aliphatic rings. The van der Waals surface area contributed by atoms with Gasteiger partial charge in [-0.3, -0.25) is 14.3 Å². The second-order valence-corrected chi connectivity index (χ2v) is 5.82. The largest absolute Gasteiger partial charge is 0.317 e. The van der Waals surface area contributed by atoms with Crippen LogP contribution in [0.25, 0.3) is 10.8 Å². The van der Waals surface area contributed by atoms with Crippen LogP contribution in [-0.4, -0.2) is 46.2 Å². The monoisotopic (exact) mass is 325 g/mol. The van der Waals surface area contributed by atoms with Gasteiger partial charge in [0.2, 0.25) is 0 Å². The number of benzene rings is 1. The number of carbonyl (C=O) groups is 1. The second-order valence-electron chi connectivity index (χ2n) is 5.82. The predicted octanol–water partition coefficient (Wildman–Crippen LogP) is 1.54. The number of aromatic amines is 1. The Morgan fingerprint density at radius 2 is 2.08 bits per heavy atom. The molecule has 7 heteroatoms. The Morgan fingerprint density at radius 3 is 2.88 bits per heavy atom. The summed E-state index contributed by atoms with van der Waals surface area (Å²) in [6, 6.07) is 10.5. The topological polar surface area (TPSA) is 83.0 Å². The highest BCUT2D eigenvalue weighted by atomic mass is 16.2. The molecule has 0 atom stereocenters. The predicted molar refractivity (Wildman–Crippen MR) is 93.3 cm³/mol. The minimum atomic E-state index is -0.393. The number of carbonyl (C=O) groups excluding carboxylic acids is 1. The molecule has 0 spiro atoms. The lowest BCUT2D eigenvalue weighted by Crippen LogP contribution is -2.20. The van der Waals surface area contributed by atoms with Crippen LogP contribution in [0.4, 0.5) is 5.82 Å². The van der Waals surface area contributed by atoms with Crippen molar-refractivity contribution in [2.75, 3.05) is 26.0 Å². The normalized spacial score (nSPS) is 11.1. The molecular formula is C17H19N5O2. The van der Waals surface area contributed by atoms with E-state index in [-0.39, 0.29) is 11.3 Å². The van der Waals surface area contributed by atoms with Crippen LogP contribution in [0.15, 0.2) is 47.4 Å². The Hall–Kier alpha value is -2.93. The van der Waals surface area contributed by atoms with Crippen molar-refractivity contribution < 1.29 is 4.79 Å². The van der Waals surface area contributed by atoms with Crippen LogP contribution in [0.2, 0.25) is 0 Å². The fourth-order valence-corrected chi connectivity index (χ4v) is 2.37. The lowest BCUT2D eigenvalue weighted by Gasteiger charge is -2.08. The highest BCUT2D eigenvalue weighted by Gasteiger charge is 2.11. The highest BCUT2D eigenvalue weighted by Crippen LogP contribution is 2.11. The zero-order valence-corrected chi connectivity index (χ0v) is 13.6. The highest BCUT2D eigenvalue weighted by molar-refractivity contribution is 6.04. The SMILES string of the molecule is CN(C)CCn1ccc(NC(=O)c2cc3ccccc3c(=O)[nH]2)n1. The fourth-order valence-electron chi connectivity index (χ4n) is 2.37. The number of H-pyrrole nitrogens is 1. The lowest BCUT2D eigenvalue weighted by atomic mass is 10.1. The van der Waals surface area contributed by atoms with Gasteiger partial charge in [-0.2, -0.15) is 5.10 Å². The average molecular weight is 325 g/mol. The molecule has 0 aliphatic heterocycles. The summed E-state index contributed by atoms with van der Waals surface area (Å²) in [6.45, 7) is 1.59. The Bertz CT molecular complexity index is 926. The third-order valence-electron chi connectivity index (χ3n) is 3.66. The number of aromatic nitrogens is 3. The molecule has 3 rings (SSSR count). The van der Waals surface area contributed by atoms with Crippen molar-refractivity contribution in [2.24, 2.45) is 0 Å². The second kappa shape index (κ2) is 6.67. The van der Waals surface area contributed by atoms with Gasteiger partial charge in [0.15, 0.2) is 5.82 Å². The summed E-state index contributed by atoms with van der Waals surface area (Å²) < 4.78 is 1.76. The van der Waals surface area contributed by atoms with Gasteiger partial charge in [0, 0.05) is 24.2 Å². The summed E-state index contributed by atoms with van der Waals surface area (Å²) in [5.74, 6) is 0.0588. The molecule has 0 unspecified atom stereocenters. The number of amides is 1. The lowest BCUT2D eigenvalue weighted by molar-refractivity contribution is 0.102. The van der Waals surface area contributed by atoms with Gasteiger partial charge in [-0.1, -0.05) is 18.2 Å². The first-order valence-electron chi connectivity index (χ1n) is 7.64. The quantitative estimate of drug-likeness (QED) is 0.745. The van der Waals surface area contributed by atoms with Gasteiger partial charge in [-0.15, -0.1) is 0 Å². The fraction of sp³-hybridized carbons (Fsp3) is 0.235. The molecule has 0 aliphatic carbocycles. The number of hydrogen-bond acceptors (Lipinski definition) is 4.